The smallest absolute Gasteiger partial charge is 0.225 e. The fourth-order valence-electron chi connectivity index (χ4n) is 4.79. The molecule has 0 spiro atoms. The van der Waals surface area contributed by atoms with Crippen LogP contribution in [-0.4, -0.2) is 59.6 Å². The van der Waals surface area contributed by atoms with E-state index in [1.165, 1.54) is 19.3 Å². The maximum Gasteiger partial charge on any atom is 0.225 e. The van der Waals surface area contributed by atoms with Gasteiger partial charge in [-0.15, -0.1) is 0 Å². The van der Waals surface area contributed by atoms with Crippen molar-refractivity contribution in [3.05, 3.63) is 0 Å². The highest BCUT2D eigenvalue weighted by Gasteiger charge is 2.35. The summed E-state index contributed by atoms with van der Waals surface area (Å²) in [5.41, 5.74) is -0.479. The molecule has 1 heterocycles. The molecule has 0 bridgehead atoms. The Balaban J connectivity index is 1.66. The third-order valence-electron chi connectivity index (χ3n) is 6.81. The standard InChI is InChI=1S/C22H42N2O2/c1-17(2)20-6-11-22(26,12-7-20)16-23(5)13-8-19-9-14-24(15-10-19)21(25)18(3)4/h17-20,26H,6-16H2,1-5H3. The normalized spacial score (nSPS) is 28.3. The third-order valence-corrected chi connectivity index (χ3v) is 6.81. The van der Waals surface area contributed by atoms with Gasteiger partial charge in [-0.1, -0.05) is 27.7 Å². The zero-order valence-corrected chi connectivity index (χ0v) is 17.8. The topological polar surface area (TPSA) is 43.8 Å². The van der Waals surface area contributed by atoms with Gasteiger partial charge in [0, 0.05) is 25.6 Å². The Hall–Kier alpha value is -0.610. The summed E-state index contributed by atoms with van der Waals surface area (Å²) in [6, 6.07) is 0. The number of rotatable bonds is 7. The van der Waals surface area contributed by atoms with Gasteiger partial charge < -0.3 is 14.9 Å². The van der Waals surface area contributed by atoms with Gasteiger partial charge in [0.25, 0.3) is 0 Å². The van der Waals surface area contributed by atoms with Crippen LogP contribution < -0.4 is 0 Å². The maximum absolute atomic E-state index is 12.1. The number of nitrogens with zero attached hydrogens (tertiary/aromatic N) is 2. The van der Waals surface area contributed by atoms with E-state index in [9.17, 15) is 9.90 Å². The molecular formula is C22H42N2O2. The van der Waals surface area contributed by atoms with E-state index in [4.69, 9.17) is 0 Å². The summed E-state index contributed by atoms with van der Waals surface area (Å²) in [7, 11) is 2.16. The van der Waals surface area contributed by atoms with Crippen molar-refractivity contribution >= 4 is 5.91 Å². The first-order valence-corrected chi connectivity index (χ1v) is 10.9. The first-order chi connectivity index (χ1) is 12.2. The molecule has 0 atom stereocenters. The van der Waals surface area contributed by atoms with Crippen LogP contribution in [0.25, 0.3) is 0 Å². The van der Waals surface area contributed by atoms with Crippen LogP contribution in [-0.2, 0) is 4.79 Å². The van der Waals surface area contributed by atoms with E-state index in [0.717, 1.165) is 69.6 Å². The van der Waals surface area contributed by atoms with Crippen molar-refractivity contribution in [1.29, 1.82) is 0 Å². The lowest BCUT2D eigenvalue weighted by Crippen LogP contribution is -2.45. The fraction of sp³-hybridized carbons (Fsp3) is 0.955. The van der Waals surface area contributed by atoms with Crippen molar-refractivity contribution in [3.63, 3.8) is 0 Å². The zero-order valence-electron chi connectivity index (χ0n) is 17.8. The first-order valence-electron chi connectivity index (χ1n) is 10.9. The maximum atomic E-state index is 12.1. The van der Waals surface area contributed by atoms with Crippen molar-refractivity contribution < 1.29 is 9.90 Å². The molecule has 1 aliphatic heterocycles. The van der Waals surface area contributed by atoms with Gasteiger partial charge in [0.05, 0.1) is 5.60 Å². The second kappa shape index (κ2) is 9.54. The lowest BCUT2D eigenvalue weighted by atomic mass is 9.74. The van der Waals surface area contributed by atoms with Gasteiger partial charge >= 0.3 is 0 Å². The molecular weight excluding hydrogens is 324 g/mol. The number of likely N-dealkylation sites (N-methyl/N-ethyl adjacent to an activating group) is 1. The van der Waals surface area contributed by atoms with Crippen LogP contribution in [0.2, 0.25) is 0 Å². The molecule has 0 radical (unpaired) electrons. The van der Waals surface area contributed by atoms with Gasteiger partial charge in [-0.2, -0.15) is 0 Å². The van der Waals surface area contributed by atoms with Crippen LogP contribution >= 0.6 is 0 Å². The zero-order chi connectivity index (χ0) is 19.3. The fourth-order valence-corrected chi connectivity index (χ4v) is 4.79. The predicted octanol–water partition coefficient (Wildman–Crippen LogP) is 3.78. The molecule has 1 amide bonds. The summed E-state index contributed by atoms with van der Waals surface area (Å²) in [5, 5.41) is 10.9. The third kappa shape index (κ3) is 6.23. The molecule has 4 heteroatoms. The summed E-state index contributed by atoms with van der Waals surface area (Å²) < 4.78 is 0. The summed E-state index contributed by atoms with van der Waals surface area (Å²) in [6.45, 7) is 12.3. The Morgan fingerprint density at radius 2 is 1.69 bits per heavy atom. The number of hydrogen-bond acceptors (Lipinski definition) is 3. The SMILES string of the molecule is CC(C)C(=O)N1CCC(CCN(C)CC2(O)CCC(C(C)C)CC2)CC1. The van der Waals surface area contributed by atoms with E-state index in [1.54, 1.807) is 0 Å². The Morgan fingerprint density at radius 1 is 1.12 bits per heavy atom. The second-order valence-corrected chi connectivity index (χ2v) is 9.76. The Labute approximate surface area is 161 Å². The molecule has 0 aromatic heterocycles. The summed E-state index contributed by atoms with van der Waals surface area (Å²) in [5.74, 6) is 2.68. The molecule has 0 aromatic rings. The van der Waals surface area contributed by atoms with Crippen LogP contribution in [0.15, 0.2) is 0 Å². The van der Waals surface area contributed by atoms with E-state index < -0.39 is 5.60 Å². The van der Waals surface area contributed by atoms with Gasteiger partial charge in [0.15, 0.2) is 0 Å². The second-order valence-electron chi connectivity index (χ2n) is 9.76. The van der Waals surface area contributed by atoms with Gasteiger partial charge in [-0.3, -0.25) is 4.79 Å². The minimum atomic E-state index is -0.479. The van der Waals surface area contributed by atoms with Crippen molar-refractivity contribution in [2.75, 3.05) is 33.2 Å². The average molecular weight is 367 g/mol. The van der Waals surface area contributed by atoms with Crippen LogP contribution in [0.4, 0.5) is 0 Å². The van der Waals surface area contributed by atoms with Crippen molar-refractivity contribution in [1.82, 2.24) is 9.80 Å². The number of aliphatic hydroxyl groups is 1. The molecule has 152 valence electrons. The van der Waals surface area contributed by atoms with Gasteiger partial charge in [-0.05, 0) is 76.3 Å². The highest BCUT2D eigenvalue weighted by atomic mass is 16.3. The number of amides is 1. The quantitative estimate of drug-likeness (QED) is 0.746. The highest BCUT2D eigenvalue weighted by molar-refractivity contribution is 5.78. The molecule has 0 aromatic carbocycles. The van der Waals surface area contributed by atoms with E-state index in [1.807, 2.05) is 18.7 Å². The van der Waals surface area contributed by atoms with Crippen LogP contribution in [0, 0.1) is 23.7 Å². The largest absolute Gasteiger partial charge is 0.389 e. The molecule has 2 rings (SSSR count). The lowest BCUT2D eigenvalue weighted by molar-refractivity contribution is -0.135. The van der Waals surface area contributed by atoms with E-state index in [2.05, 4.69) is 25.8 Å². The molecule has 2 fully saturated rings. The highest BCUT2D eigenvalue weighted by Crippen LogP contribution is 2.36. The molecule has 26 heavy (non-hydrogen) atoms. The number of hydrogen-bond donors (Lipinski definition) is 1. The first kappa shape index (κ1) is 21.7. The summed E-state index contributed by atoms with van der Waals surface area (Å²) in [6.07, 6.45) is 7.70. The minimum absolute atomic E-state index is 0.115. The molecule has 1 saturated carbocycles. The molecule has 4 nitrogen and oxygen atoms in total. The monoisotopic (exact) mass is 366 g/mol. The van der Waals surface area contributed by atoms with Crippen LogP contribution in [0.3, 0.4) is 0 Å². The van der Waals surface area contributed by atoms with Gasteiger partial charge in [-0.25, -0.2) is 0 Å². The Bertz CT molecular complexity index is 433. The number of piperidine rings is 1. The van der Waals surface area contributed by atoms with Crippen molar-refractivity contribution in [2.24, 2.45) is 23.7 Å². The van der Waals surface area contributed by atoms with Gasteiger partial charge in [0.2, 0.25) is 5.91 Å². The lowest BCUT2D eigenvalue weighted by Gasteiger charge is -2.40. The number of likely N-dealkylation sites (tertiary alicyclic amines) is 1. The molecule has 1 N–H and O–H groups in total. The van der Waals surface area contributed by atoms with Crippen LogP contribution in [0.1, 0.15) is 72.6 Å². The molecule has 2 aliphatic rings. The number of carbonyl (C=O) groups is 1. The number of carbonyl (C=O) groups excluding carboxylic acids is 1. The minimum Gasteiger partial charge on any atom is -0.389 e. The molecule has 1 saturated heterocycles. The van der Waals surface area contributed by atoms with E-state index >= 15 is 0 Å². The van der Waals surface area contributed by atoms with Crippen molar-refractivity contribution in [2.45, 2.75) is 78.2 Å². The van der Waals surface area contributed by atoms with Gasteiger partial charge in [0.1, 0.15) is 0 Å². The summed E-state index contributed by atoms with van der Waals surface area (Å²) in [4.78, 5) is 16.5. The Morgan fingerprint density at radius 3 is 2.19 bits per heavy atom. The van der Waals surface area contributed by atoms with Crippen molar-refractivity contribution in [3.8, 4) is 0 Å². The molecule has 0 unspecified atom stereocenters. The van der Waals surface area contributed by atoms with Crippen LogP contribution in [0.5, 0.6) is 0 Å². The average Bonchev–Trinajstić information content (AvgIpc) is 2.59. The molecule has 1 aliphatic carbocycles. The summed E-state index contributed by atoms with van der Waals surface area (Å²) >= 11 is 0. The predicted molar refractivity (Wildman–Crippen MR) is 108 cm³/mol. The Kier molecular flexibility index (Phi) is 7.96. The van der Waals surface area contributed by atoms with E-state index in [-0.39, 0.29) is 5.92 Å². The van der Waals surface area contributed by atoms with E-state index in [0.29, 0.717) is 5.91 Å².